The zero-order valence-corrected chi connectivity index (χ0v) is 14.3. The van der Waals surface area contributed by atoms with Crippen molar-refractivity contribution in [1.82, 2.24) is 19.6 Å². The number of carbonyl (C=O) groups excluding carboxylic acids is 2. The minimum absolute atomic E-state index is 0.0561. The Morgan fingerprint density at radius 3 is 2.60 bits per heavy atom. The van der Waals surface area contributed by atoms with Crippen LogP contribution in [0.3, 0.4) is 0 Å². The van der Waals surface area contributed by atoms with E-state index in [0.717, 1.165) is 11.4 Å². The molecule has 0 bridgehead atoms. The van der Waals surface area contributed by atoms with Gasteiger partial charge < -0.3 is 15.2 Å². The number of aromatic carboxylic acids is 1. The van der Waals surface area contributed by atoms with E-state index in [1.54, 1.807) is 4.40 Å². The third kappa shape index (κ3) is 3.77. The first-order chi connectivity index (χ1) is 11.9. The maximum Gasteiger partial charge on any atom is 0.256 e. The number of carboxylic acids is 1. The van der Waals surface area contributed by atoms with E-state index in [1.807, 2.05) is 19.9 Å². The molecule has 3 aromatic rings. The van der Waals surface area contributed by atoms with Gasteiger partial charge in [-0.1, -0.05) is 23.9 Å². The fourth-order valence-corrected chi connectivity index (χ4v) is 3.10. The predicted octanol–water partition coefficient (Wildman–Crippen LogP) is 0.835. The van der Waals surface area contributed by atoms with Gasteiger partial charge in [-0.2, -0.15) is 0 Å². The van der Waals surface area contributed by atoms with Crippen molar-refractivity contribution in [2.24, 2.45) is 0 Å². The molecule has 0 spiro atoms. The lowest BCUT2D eigenvalue weighted by Crippen LogP contribution is -2.22. The van der Waals surface area contributed by atoms with Crippen LogP contribution in [0.5, 0.6) is 0 Å². The third-order valence-corrected chi connectivity index (χ3v) is 4.33. The first-order valence-electron chi connectivity index (χ1n) is 7.37. The summed E-state index contributed by atoms with van der Waals surface area (Å²) in [4.78, 5) is 27.1. The Hall–Kier alpha value is -2.94. The molecule has 2 heterocycles. The third-order valence-electron chi connectivity index (χ3n) is 3.40. The molecule has 8 nitrogen and oxygen atoms in total. The SMILES string of the molecule is Cc1cc(C)n2c(SCC(=O)Nc3ccc(C(=O)[O-])cc3)nnc2n1. The summed E-state index contributed by atoms with van der Waals surface area (Å²) >= 11 is 1.25. The Balaban J connectivity index is 1.65. The maximum absolute atomic E-state index is 12.1. The first-order valence-corrected chi connectivity index (χ1v) is 8.36. The summed E-state index contributed by atoms with van der Waals surface area (Å²) in [5.41, 5.74) is 2.36. The smallest absolute Gasteiger partial charge is 0.256 e. The van der Waals surface area contributed by atoms with Gasteiger partial charge in [0.2, 0.25) is 5.91 Å². The standard InChI is InChI=1S/C16H15N5O3S/c1-9-7-10(2)21-15(17-9)19-20-16(21)25-8-13(22)18-12-5-3-11(4-6-12)14(23)24/h3-7H,8H2,1-2H3,(H,18,22)(H,23,24)/p-1. The molecule has 0 saturated heterocycles. The molecule has 0 unspecified atom stereocenters. The highest BCUT2D eigenvalue weighted by Gasteiger charge is 2.12. The van der Waals surface area contributed by atoms with Gasteiger partial charge in [-0.15, -0.1) is 10.2 Å². The zero-order valence-electron chi connectivity index (χ0n) is 13.5. The number of hydrogen-bond donors (Lipinski definition) is 1. The van der Waals surface area contributed by atoms with Gasteiger partial charge in [-0.25, -0.2) is 4.98 Å². The van der Waals surface area contributed by atoms with Gasteiger partial charge in [0.1, 0.15) is 0 Å². The number of anilines is 1. The number of aryl methyl sites for hydroxylation is 2. The highest BCUT2D eigenvalue weighted by atomic mass is 32.2. The lowest BCUT2D eigenvalue weighted by molar-refractivity contribution is -0.255. The highest BCUT2D eigenvalue weighted by molar-refractivity contribution is 7.99. The van der Waals surface area contributed by atoms with E-state index in [9.17, 15) is 14.7 Å². The van der Waals surface area contributed by atoms with Crippen molar-refractivity contribution < 1.29 is 14.7 Å². The summed E-state index contributed by atoms with van der Waals surface area (Å²) in [6.07, 6.45) is 0. The highest BCUT2D eigenvalue weighted by Crippen LogP contribution is 2.19. The molecular weight excluding hydrogens is 342 g/mol. The van der Waals surface area contributed by atoms with E-state index in [0.29, 0.717) is 16.6 Å². The predicted molar refractivity (Wildman–Crippen MR) is 90.4 cm³/mol. The van der Waals surface area contributed by atoms with Gasteiger partial charge in [0, 0.05) is 17.1 Å². The molecule has 25 heavy (non-hydrogen) atoms. The van der Waals surface area contributed by atoms with Crippen molar-refractivity contribution in [1.29, 1.82) is 0 Å². The number of nitrogens with one attached hydrogen (secondary N) is 1. The number of hydrogen-bond acceptors (Lipinski definition) is 7. The second-order valence-corrected chi connectivity index (χ2v) is 6.30. The topological polar surface area (TPSA) is 112 Å². The Kier molecular flexibility index (Phi) is 4.66. The number of rotatable bonds is 5. The van der Waals surface area contributed by atoms with Crippen molar-refractivity contribution in [2.75, 3.05) is 11.1 Å². The molecule has 0 saturated carbocycles. The lowest BCUT2D eigenvalue weighted by atomic mass is 10.2. The summed E-state index contributed by atoms with van der Waals surface area (Å²) in [7, 11) is 0. The summed E-state index contributed by atoms with van der Waals surface area (Å²) in [6, 6.07) is 7.69. The molecule has 0 aliphatic heterocycles. The minimum atomic E-state index is -1.26. The second kappa shape index (κ2) is 6.89. The van der Waals surface area contributed by atoms with Crippen LogP contribution in [0, 0.1) is 13.8 Å². The maximum atomic E-state index is 12.1. The van der Waals surface area contributed by atoms with Crippen LogP contribution in [0.15, 0.2) is 35.5 Å². The van der Waals surface area contributed by atoms with Crippen LogP contribution in [-0.2, 0) is 4.79 Å². The van der Waals surface area contributed by atoms with Crippen LogP contribution < -0.4 is 10.4 Å². The first kappa shape index (κ1) is 16.9. The summed E-state index contributed by atoms with van der Waals surface area (Å²) in [5, 5.41) is 22.1. The Bertz CT molecular complexity index is 952. The summed E-state index contributed by atoms with van der Waals surface area (Å²) < 4.78 is 1.79. The number of benzene rings is 1. The van der Waals surface area contributed by atoms with Gasteiger partial charge in [0.25, 0.3) is 5.78 Å². The molecule has 128 valence electrons. The lowest BCUT2D eigenvalue weighted by Gasteiger charge is -2.07. The molecule has 0 aliphatic rings. The molecule has 9 heteroatoms. The molecule has 2 aromatic heterocycles. The number of thioether (sulfide) groups is 1. The van der Waals surface area contributed by atoms with Gasteiger partial charge in [0.15, 0.2) is 5.16 Å². The molecule has 1 N–H and O–H groups in total. The second-order valence-electron chi connectivity index (χ2n) is 5.36. The Morgan fingerprint density at radius 1 is 1.20 bits per heavy atom. The van der Waals surface area contributed by atoms with Crippen LogP contribution in [-0.4, -0.2) is 37.2 Å². The van der Waals surface area contributed by atoms with Crippen molar-refractivity contribution in [2.45, 2.75) is 19.0 Å². The number of nitrogens with zero attached hydrogens (tertiary/aromatic N) is 4. The van der Waals surface area contributed by atoms with E-state index in [1.165, 1.54) is 36.0 Å². The molecule has 0 fully saturated rings. The van der Waals surface area contributed by atoms with Gasteiger partial charge in [-0.3, -0.25) is 9.20 Å². The van der Waals surface area contributed by atoms with Crippen molar-refractivity contribution >= 4 is 35.1 Å². The minimum Gasteiger partial charge on any atom is -0.545 e. The van der Waals surface area contributed by atoms with E-state index in [-0.39, 0.29) is 17.2 Å². The van der Waals surface area contributed by atoms with Crippen molar-refractivity contribution in [3.8, 4) is 0 Å². The monoisotopic (exact) mass is 356 g/mol. The van der Waals surface area contributed by atoms with Crippen molar-refractivity contribution in [3.63, 3.8) is 0 Å². The Labute approximate surface area is 147 Å². The fourth-order valence-electron chi connectivity index (χ4n) is 2.31. The number of amides is 1. The molecule has 0 radical (unpaired) electrons. The number of aromatic nitrogens is 4. The average molecular weight is 356 g/mol. The van der Waals surface area contributed by atoms with E-state index in [4.69, 9.17) is 0 Å². The van der Waals surface area contributed by atoms with Crippen LogP contribution in [0.4, 0.5) is 5.69 Å². The average Bonchev–Trinajstić information content (AvgIpc) is 2.96. The normalized spacial score (nSPS) is 10.8. The molecule has 1 aromatic carbocycles. The largest absolute Gasteiger partial charge is 0.545 e. The number of carboxylic acid groups (broad SMARTS) is 1. The van der Waals surface area contributed by atoms with Gasteiger partial charge in [0.05, 0.1) is 11.7 Å². The summed E-state index contributed by atoms with van der Waals surface area (Å²) in [6.45, 7) is 3.81. The van der Waals surface area contributed by atoms with Gasteiger partial charge in [-0.05, 0) is 37.6 Å². The van der Waals surface area contributed by atoms with E-state index < -0.39 is 5.97 Å². The quantitative estimate of drug-likeness (QED) is 0.674. The van der Waals surface area contributed by atoms with Crippen LogP contribution in [0.25, 0.3) is 5.78 Å². The number of fused-ring (bicyclic) bond motifs is 1. The zero-order chi connectivity index (χ0) is 18.0. The fraction of sp³-hybridized carbons (Fsp3) is 0.188. The molecule has 1 amide bonds. The molecule has 0 aliphatic carbocycles. The summed E-state index contributed by atoms with van der Waals surface area (Å²) in [5.74, 6) is -0.860. The van der Waals surface area contributed by atoms with Gasteiger partial charge >= 0.3 is 0 Å². The Morgan fingerprint density at radius 2 is 1.92 bits per heavy atom. The van der Waals surface area contributed by atoms with Crippen LogP contribution in [0.2, 0.25) is 0 Å². The number of carbonyl (C=O) groups is 2. The van der Waals surface area contributed by atoms with Crippen LogP contribution in [0.1, 0.15) is 21.7 Å². The molecule has 0 atom stereocenters. The van der Waals surface area contributed by atoms with E-state index >= 15 is 0 Å². The van der Waals surface area contributed by atoms with E-state index in [2.05, 4.69) is 20.5 Å². The molecule has 3 rings (SSSR count). The molecular formula is C16H14N5O3S-. The van der Waals surface area contributed by atoms with Crippen LogP contribution >= 0.6 is 11.8 Å². The van der Waals surface area contributed by atoms with Crippen molar-refractivity contribution in [3.05, 3.63) is 47.3 Å².